The normalized spacial score (nSPS) is 12.7. The number of hydrogen-bond acceptors (Lipinski definition) is 4. The Labute approximate surface area is 122 Å². The van der Waals surface area contributed by atoms with E-state index in [9.17, 15) is 4.79 Å². The maximum atomic E-state index is 11.8. The van der Waals surface area contributed by atoms with Crippen LogP contribution in [0.15, 0.2) is 51.9 Å². The fourth-order valence-electron chi connectivity index (χ4n) is 2.39. The third-order valence-corrected chi connectivity index (χ3v) is 3.50. The topological polar surface area (TPSA) is 60.1 Å². The zero-order valence-corrected chi connectivity index (χ0v) is 12.0. The molecule has 0 fully saturated rings. The zero-order chi connectivity index (χ0) is 14.8. The van der Waals surface area contributed by atoms with Crippen LogP contribution >= 0.6 is 0 Å². The Morgan fingerprint density at radius 1 is 1.38 bits per heavy atom. The molecule has 0 aliphatic carbocycles. The average molecular weight is 283 g/mol. The molecule has 21 heavy (non-hydrogen) atoms. The first-order chi connectivity index (χ1) is 10.2. The molecule has 1 N–H and O–H groups in total. The Hall–Kier alpha value is -2.40. The van der Waals surface area contributed by atoms with E-state index in [-0.39, 0.29) is 11.7 Å². The number of aromatic nitrogens is 2. The van der Waals surface area contributed by atoms with E-state index in [2.05, 4.69) is 10.3 Å². The van der Waals surface area contributed by atoms with Gasteiger partial charge in [0.25, 0.3) is 0 Å². The molecule has 2 heterocycles. The largest absolute Gasteiger partial charge is 0.459 e. The van der Waals surface area contributed by atoms with E-state index >= 15 is 0 Å². The summed E-state index contributed by atoms with van der Waals surface area (Å²) in [5.74, 6) is 0.812. The van der Waals surface area contributed by atoms with Gasteiger partial charge >= 0.3 is 5.69 Å². The van der Waals surface area contributed by atoms with Crippen LogP contribution in [0.3, 0.4) is 0 Å². The summed E-state index contributed by atoms with van der Waals surface area (Å²) in [7, 11) is 1.85. The standard InChI is InChI=1S/C16H17N3O2/c1-11-8-18-16(20)19(9-11)10-13(17-2)15-7-12-5-3-4-6-14(12)21-15/h3-9,13,17H,10H2,1-2H3. The SMILES string of the molecule is CNC(Cn1cc(C)cnc1=O)c1cc2ccccc2o1. The third-order valence-electron chi connectivity index (χ3n) is 3.50. The lowest BCUT2D eigenvalue weighted by Crippen LogP contribution is -2.29. The average Bonchev–Trinajstić information content (AvgIpc) is 2.91. The van der Waals surface area contributed by atoms with Crippen LogP contribution in [0.25, 0.3) is 11.0 Å². The summed E-state index contributed by atoms with van der Waals surface area (Å²) in [5, 5.41) is 4.25. The zero-order valence-electron chi connectivity index (χ0n) is 12.0. The van der Waals surface area contributed by atoms with Gasteiger partial charge in [0.2, 0.25) is 0 Å². The van der Waals surface area contributed by atoms with Gasteiger partial charge in [0, 0.05) is 24.3 Å². The molecule has 1 atom stereocenters. The van der Waals surface area contributed by atoms with Crippen LogP contribution in [0, 0.1) is 6.92 Å². The van der Waals surface area contributed by atoms with Crippen molar-refractivity contribution in [1.82, 2.24) is 14.9 Å². The molecule has 3 aromatic rings. The van der Waals surface area contributed by atoms with Crippen molar-refractivity contribution >= 4 is 11.0 Å². The molecule has 1 aromatic carbocycles. The van der Waals surface area contributed by atoms with E-state index in [1.807, 2.05) is 50.5 Å². The number of nitrogens with one attached hydrogen (secondary N) is 1. The highest BCUT2D eigenvalue weighted by Gasteiger charge is 2.16. The molecule has 0 saturated carbocycles. The lowest BCUT2D eigenvalue weighted by Gasteiger charge is -2.15. The van der Waals surface area contributed by atoms with Crippen molar-refractivity contribution in [3.8, 4) is 0 Å². The van der Waals surface area contributed by atoms with Gasteiger partial charge in [-0.05, 0) is 31.7 Å². The van der Waals surface area contributed by atoms with Crippen LogP contribution in [0.5, 0.6) is 0 Å². The van der Waals surface area contributed by atoms with E-state index in [1.165, 1.54) is 0 Å². The van der Waals surface area contributed by atoms with Gasteiger partial charge in [0.05, 0.1) is 6.04 Å². The van der Waals surface area contributed by atoms with Gasteiger partial charge < -0.3 is 9.73 Å². The second-order valence-electron chi connectivity index (χ2n) is 5.09. The maximum absolute atomic E-state index is 11.8. The smallest absolute Gasteiger partial charge is 0.347 e. The number of fused-ring (bicyclic) bond motifs is 1. The number of rotatable bonds is 4. The van der Waals surface area contributed by atoms with E-state index in [1.54, 1.807) is 10.8 Å². The van der Waals surface area contributed by atoms with Crippen molar-refractivity contribution in [2.45, 2.75) is 19.5 Å². The molecule has 1 unspecified atom stereocenters. The fraction of sp³-hybridized carbons (Fsp3) is 0.250. The molecule has 0 bridgehead atoms. The molecule has 2 aromatic heterocycles. The van der Waals surface area contributed by atoms with Crippen LogP contribution in [-0.4, -0.2) is 16.6 Å². The summed E-state index contributed by atoms with van der Waals surface area (Å²) in [6, 6.07) is 9.79. The predicted octanol–water partition coefficient (Wildman–Crippen LogP) is 2.26. The van der Waals surface area contributed by atoms with Gasteiger partial charge in [-0.15, -0.1) is 0 Å². The predicted molar refractivity (Wildman–Crippen MR) is 81.2 cm³/mol. The van der Waals surface area contributed by atoms with Crippen LogP contribution in [0.2, 0.25) is 0 Å². The van der Waals surface area contributed by atoms with Gasteiger partial charge in [0.15, 0.2) is 0 Å². The Balaban J connectivity index is 1.94. The highest BCUT2D eigenvalue weighted by molar-refractivity contribution is 5.77. The van der Waals surface area contributed by atoms with Gasteiger partial charge in [-0.2, -0.15) is 0 Å². The minimum absolute atomic E-state index is 0.0845. The van der Waals surface area contributed by atoms with E-state index < -0.39 is 0 Å². The Morgan fingerprint density at radius 2 is 2.19 bits per heavy atom. The Bertz CT molecular complexity index is 787. The van der Waals surface area contributed by atoms with Gasteiger partial charge in [-0.25, -0.2) is 9.78 Å². The summed E-state index contributed by atoms with van der Waals surface area (Å²) in [6.07, 6.45) is 3.39. The highest BCUT2D eigenvalue weighted by atomic mass is 16.3. The van der Waals surface area contributed by atoms with Gasteiger partial charge in [-0.3, -0.25) is 4.57 Å². The molecule has 0 aliphatic rings. The number of nitrogens with zero attached hydrogens (tertiary/aromatic N) is 2. The first-order valence-corrected chi connectivity index (χ1v) is 6.86. The summed E-state index contributed by atoms with van der Waals surface area (Å²) in [5.41, 5.74) is 1.55. The highest BCUT2D eigenvalue weighted by Crippen LogP contribution is 2.24. The van der Waals surface area contributed by atoms with E-state index in [4.69, 9.17) is 4.42 Å². The molecular weight excluding hydrogens is 266 g/mol. The molecule has 0 radical (unpaired) electrons. The van der Waals surface area contributed by atoms with Crippen molar-refractivity contribution < 1.29 is 4.42 Å². The van der Waals surface area contributed by atoms with Crippen LogP contribution in [-0.2, 0) is 6.54 Å². The maximum Gasteiger partial charge on any atom is 0.347 e. The van der Waals surface area contributed by atoms with Crippen molar-refractivity contribution in [2.75, 3.05) is 7.05 Å². The van der Waals surface area contributed by atoms with Gasteiger partial charge in [0.1, 0.15) is 11.3 Å². The molecule has 0 aliphatic heterocycles. The Kier molecular flexibility index (Phi) is 3.58. The minimum Gasteiger partial charge on any atom is -0.459 e. The second kappa shape index (κ2) is 5.54. The second-order valence-corrected chi connectivity index (χ2v) is 5.09. The quantitative estimate of drug-likeness (QED) is 0.798. The summed E-state index contributed by atoms with van der Waals surface area (Å²) in [6.45, 7) is 2.39. The first kappa shape index (κ1) is 13.6. The van der Waals surface area contributed by atoms with Crippen LogP contribution in [0.4, 0.5) is 0 Å². The lowest BCUT2D eigenvalue weighted by molar-refractivity contribution is 0.403. The molecule has 0 spiro atoms. The van der Waals surface area contributed by atoms with Crippen molar-refractivity contribution in [3.05, 3.63) is 64.5 Å². The molecule has 0 saturated heterocycles. The minimum atomic E-state index is -0.253. The van der Waals surface area contributed by atoms with E-state index in [0.717, 1.165) is 22.3 Å². The molecule has 108 valence electrons. The summed E-state index contributed by atoms with van der Waals surface area (Å²) in [4.78, 5) is 15.7. The Morgan fingerprint density at radius 3 is 2.95 bits per heavy atom. The number of para-hydroxylation sites is 1. The van der Waals surface area contributed by atoms with Crippen LogP contribution in [0.1, 0.15) is 17.4 Å². The molecule has 5 nitrogen and oxygen atoms in total. The molecule has 3 rings (SSSR count). The summed E-state index contributed by atoms with van der Waals surface area (Å²) < 4.78 is 7.47. The van der Waals surface area contributed by atoms with E-state index in [0.29, 0.717) is 6.54 Å². The van der Waals surface area contributed by atoms with Crippen LogP contribution < -0.4 is 11.0 Å². The number of furan rings is 1. The molecule has 5 heteroatoms. The van der Waals surface area contributed by atoms with Crippen molar-refractivity contribution in [1.29, 1.82) is 0 Å². The van der Waals surface area contributed by atoms with Crippen molar-refractivity contribution in [2.24, 2.45) is 0 Å². The number of benzene rings is 1. The van der Waals surface area contributed by atoms with Crippen molar-refractivity contribution in [3.63, 3.8) is 0 Å². The molecule has 0 amide bonds. The van der Waals surface area contributed by atoms with Gasteiger partial charge in [-0.1, -0.05) is 18.2 Å². The molecular formula is C16H17N3O2. The summed E-state index contributed by atoms with van der Waals surface area (Å²) >= 11 is 0. The first-order valence-electron chi connectivity index (χ1n) is 6.86. The number of likely N-dealkylation sites (N-methyl/N-ethyl adjacent to an activating group) is 1. The fourth-order valence-corrected chi connectivity index (χ4v) is 2.39. The monoisotopic (exact) mass is 283 g/mol. The number of hydrogen-bond donors (Lipinski definition) is 1. The number of aryl methyl sites for hydroxylation is 1. The third kappa shape index (κ3) is 2.73. The lowest BCUT2D eigenvalue weighted by atomic mass is 10.2.